The molecular weight excluding hydrogens is 440 g/mol. The third-order valence-corrected chi connectivity index (χ3v) is 6.75. The smallest absolute Gasteiger partial charge is 0.337 e. The Balaban J connectivity index is 1.71. The second kappa shape index (κ2) is 9.89. The lowest BCUT2D eigenvalue weighted by Gasteiger charge is -2.16. The van der Waals surface area contributed by atoms with Gasteiger partial charge in [-0.05, 0) is 56.5 Å². The molecule has 2 aromatic carbocycles. The first-order chi connectivity index (χ1) is 15.9. The lowest BCUT2D eigenvalue weighted by atomic mass is 10.0. The fraction of sp³-hybridized carbons (Fsp3) is 0.360. The van der Waals surface area contributed by atoms with E-state index in [1.807, 2.05) is 32.0 Å². The van der Waals surface area contributed by atoms with Gasteiger partial charge in [0.25, 0.3) is 5.56 Å². The number of fused-ring (bicyclic) bond motifs is 1. The molecule has 8 heteroatoms. The summed E-state index contributed by atoms with van der Waals surface area (Å²) in [6.45, 7) is 4.91. The molecule has 1 fully saturated rings. The molecule has 0 radical (unpaired) electrons. The predicted molar refractivity (Wildman–Crippen MR) is 127 cm³/mol. The first-order valence-electron chi connectivity index (χ1n) is 10.8. The Hall–Kier alpha value is -2.97. The van der Waals surface area contributed by atoms with E-state index in [1.165, 1.54) is 18.9 Å². The largest absolute Gasteiger partial charge is 0.465 e. The molecule has 2 heterocycles. The van der Waals surface area contributed by atoms with E-state index in [2.05, 4.69) is 4.98 Å². The predicted octanol–water partition coefficient (Wildman–Crippen LogP) is 3.95. The van der Waals surface area contributed by atoms with Gasteiger partial charge in [0, 0.05) is 12.2 Å². The summed E-state index contributed by atoms with van der Waals surface area (Å²) < 4.78 is 12.1. The number of ether oxygens (including phenoxy) is 2. The third kappa shape index (κ3) is 5.02. The maximum Gasteiger partial charge on any atom is 0.337 e. The molecule has 0 aliphatic carbocycles. The minimum Gasteiger partial charge on any atom is -0.465 e. The van der Waals surface area contributed by atoms with Gasteiger partial charge in [-0.2, -0.15) is 0 Å². The Labute approximate surface area is 196 Å². The minimum absolute atomic E-state index is 0.0254. The monoisotopic (exact) mass is 466 g/mol. The van der Waals surface area contributed by atoms with Crippen LogP contribution in [0.2, 0.25) is 0 Å². The molecule has 0 saturated carbocycles. The number of esters is 1. The van der Waals surface area contributed by atoms with Crippen LogP contribution < -0.4 is 5.56 Å². The molecule has 0 bridgehead atoms. The number of hydrogen-bond acceptors (Lipinski definition) is 7. The van der Waals surface area contributed by atoms with Gasteiger partial charge in [-0.15, -0.1) is 0 Å². The van der Waals surface area contributed by atoms with Crippen LogP contribution in [0.15, 0.2) is 46.3 Å². The number of benzene rings is 2. The highest BCUT2D eigenvalue weighted by molar-refractivity contribution is 7.99. The highest BCUT2D eigenvalue weighted by atomic mass is 32.2. The Morgan fingerprint density at radius 1 is 1.21 bits per heavy atom. The van der Waals surface area contributed by atoms with Gasteiger partial charge in [0.2, 0.25) is 0 Å². The van der Waals surface area contributed by atoms with E-state index in [1.54, 1.807) is 22.8 Å². The Morgan fingerprint density at radius 2 is 2.03 bits per heavy atom. The molecule has 3 aromatic rings. The van der Waals surface area contributed by atoms with Crippen LogP contribution in [-0.2, 0) is 16.0 Å². The summed E-state index contributed by atoms with van der Waals surface area (Å²) in [5.41, 5.74) is 3.10. The third-order valence-electron chi connectivity index (χ3n) is 5.78. The van der Waals surface area contributed by atoms with Gasteiger partial charge in [0.15, 0.2) is 10.9 Å². The van der Waals surface area contributed by atoms with Crippen LogP contribution in [0.25, 0.3) is 10.9 Å². The molecule has 1 atom stereocenters. The summed E-state index contributed by atoms with van der Waals surface area (Å²) in [5.74, 6) is -0.381. The molecule has 1 aliphatic rings. The summed E-state index contributed by atoms with van der Waals surface area (Å²) in [4.78, 5) is 42.9. The van der Waals surface area contributed by atoms with Crippen molar-refractivity contribution in [2.75, 3.05) is 19.5 Å². The molecular formula is C25H26N2O5S. The molecule has 0 amide bonds. The van der Waals surface area contributed by atoms with Gasteiger partial charge >= 0.3 is 5.97 Å². The molecule has 0 N–H and O–H groups in total. The van der Waals surface area contributed by atoms with Crippen molar-refractivity contribution < 1.29 is 19.1 Å². The number of carbonyl (C=O) groups is 2. The van der Waals surface area contributed by atoms with Gasteiger partial charge in [-0.3, -0.25) is 14.2 Å². The summed E-state index contributed by atoms with van der Waals surface area (Å²) in [6.07, 6.45) is 1.76. The van der Waals surface area contributed by atoms with Crippen molar-refractivity contribution in [2.24, 2.45) is 0 Å². The quantitative estimate of drug-likeness (QED) is 0.225. The number of aromatic nitrogens is 2. The normalized spacial score (nSPS) is 15.7. The fourth-order valence-electron chi connectivity index (χ4n) is 3.95. The van der Waals surface area contributed by atoms with Crippen LogP contribution in [0.4, 0.5) is 0 Å². The maximum absolute atomic E-state index is 13.4. The van der Waals surface area contributed by atoms with E-state index in [4.69, 9.17) is 9.47 Å². The topological polar surface area (TPSA) is 87.5 Å². The lowest BCUT2D eigenvalue weighted by molar-refractivity contribution is 0.0600. The van der Waals surface area contributed by atoms with E-state index < -0.39 is 5.97 Å². The van der Waals surface area contributed by atoms with E-state index in [-0.39, 0.29) is 23.2 Å². The molecule has 0 spiro atoms. The number of thioether (sulfide) groups is 1. The number of nitrogens with zero attached hydrogens (tertiary/aromatic N) is 2. The van der Waals surface area contributed by atoms with Crippen molar-refractivity contribution in [3.8, 4) is 0 Å². The van der Waals surface area contributed by atoms with E-state index >= 15 is 0 Å². The average molecular weight is 467 g/mol. The van der Waals surface area contributed by atoms with Crippen molar-refractivity contribution in [3.05, 3.63) is 69.0 Å². The number of carbonyl (C=O) groups excluding carboxylic acids is 2. The molecule has 1 aromatic heterocycles. The van der Waals surface area contributed by atoms with Crippen molar-refractivity contribution >= 4 is 34.4 Å². The fourth-order valence-corrected chi connectivity index (χ4v) is 4.84. The zero-order chi connectivity index (χ0) is 23.5. The second-order valence-electron chi connectivity index (χ2n) is 8.20. The molecule has 1 unspecified atom stereocenters. The SMILES string of the molecule is COC(=O)c1ccc2c(=O)n(CC3CCCO3)c(SCC(=O)c3cc(C)ccc3C)nc2c1. The highest BCUT2D eigenvalue weighted by Crippen LogP contribution is 2.23. The van der Waals surface area contributed by atoms with Gasteiger partial charge in [0.1, 0.15) is 0 Å². The molecule has 1 saturated heterocycles. The van der Waals surface area contributed by atoms with Crippen molar-refractivity contribution in [1.82, 2.24) is 9.55 Å². The first kappa shape index (κ1) is 23.2. The maximum atomic E-state index is 13.4. The van der Waals surface area contributed by atoms with Gasteiger partial charge in [-0.25, -0.2) is 9.78 Å². The molecule has 33 heavy (non-hydrogen) atoms. The second-order valence-corrected chi connectivity index (χ2v) is 9.14. The van der Waals surface area contributed by atoms with E-state index in [0.29, 0.717) is 40.3 Å². The number of Topliss-reactive ketones (excluding diaryl/α,β-unsaturated/α-hetero) is 1. The number of ketones is 1. The average Bonchev–Trinajstić information content (AvgIpc) is 3.33. The van der Waals surface area contributed by atoms with Crippen LogP contribution in [0.5, 0.6) is 0 Å². The first-order valence-corrected chi connectivity index (χ1v) is 11.8. The Morgan fingerprint density at radius 3 is 2.76 bits per heavy atom. The van der Waals surface area contributed by atoms with E-state index in [0.717, 1.165) is 24.0 Å². The summed E-state index contributed by atoms with van der Waals surface area (Å²) in [7, 11) is 1.31. The van der Waals surface area contributed by atoms with Gasteiger partial charge in [-0.1, -0.05) is 29.5 Å². The van der Waals surface area contributed by atoms with Crippen molar-refractivity contribution in [3.63, 3.8) is 0 Å². The summed E-state index contributed by atoms with van der Waals surface area (Å²) >= 11 is 1.23. The van der Waals surface area contributed by atoms with Crippen LogP contribution >= 0.6 is 11.8 Å². The van der Waals surface area contributed by atoms with Gasteiger partial charge < -0.3 is 9.47 Å². The summed E-state index contributed by atoms with van der Waals surface area (Å²) in [6, 6.07) is 10.5. The minimum atomic E-state index is -0.499. The van der Waals surface area contributed by atoms with E-state index in [9.17, 15) is 14.4 Å². The summed E-state index contributed by atoms with van der Waals surface area (Å²) in [5, 5.41) is 0.842. The number of methoxy groups -OCH3 is 1. The van der Waals surface area contributed by atoms with Crippen LogP contribution in [0.3, 0.4) is 0 Å². The standard InChI is InChI=1S/C25H26N2O5S/c1-15-6-7-16(2)20(11-15)22(28)14-33-25-26-21-12-17(24(30)31-3)8-9-19(21)23(29)27(25)13-18-5-4-10-32-18/h6-9,11-12,18H,4-5,10,13-14H2,1-3H3. The highest BCUT2D eigenvalue weighted by Gasteiger charge is 2.22. The van der Waals surface area contributed by atoms with Gasteiger partial charge in [0.05, 0.1) is 42.0 Å². The Kier molecular flexibility index (Phi) is 6.95. The zero-order valence-electron chi connectivity index (χ0n) is 18.9. The van der Waals surface area contributed by atoms with Crippen LogP contribution in [0, 0.1) is 13.8 Å². The number of hydrogen-bond donors (Lipinski definition) is 0. The molecule has 1 aliphatic heterocycles. The molecule has 172 valence electrons. The number of aryl methyl sites for hydroxylation is 2. The molecule has 7 nitrogen and oxygen atoms in total. The lowest BCUT2D eigenvalue weighted by Crippen LogP contribution is -2.29. The Bertz CT molecular complexity index is 1280. The molecule has 4 rings (SSSR count). The van der Waals surface area contributed by atoms with Crippen molar-refractivity contribution in [1.29, 1.82) is 0 Å². The van der Waals surface area contributed by atoms with Crippen LogP contribution in [-0.4, -0.2) is 46.9 Å². The number of rotatable bonds is 7. The van der Waals surface area contributed by atoms with Crippen molar-refractivity contribution in [2.45, 2.75) is 44.5 Å². The zero-order valence-corrected chi connectivity index (χ0v) is 19.7. The van der Waals surface area contributed by atoms with Crippen LogP contribution in [0.1, 0.15) is 44.7 Å².